The first kappa shape index (κ1) is 13.0. The molecular weight excluding hydrogens is 156 g/mol. The summed E-state index contributed by atoms with van der Waals surface area (Å²) in [4.78, 5) is 0. The van der Waals surface area contributed by atoms with Crippen molar-refractivity contribution in [3.63, 3.8) is 0 Å². The highest BCUT2D eigenvalue weighted by molar-refractivity contribution is 4.69. The van der Waals surface area contributed by atoms with Gasteiger partial charge in [0.2, 0.25) is 0 Å². The van der Waals surface area contributed by atoms with E-state index < -0.39 is 0 Å². The SMILES string of the molecule is CCC.CC[C@@H](C)C1CCCCC1. The Morgan fingerprint density at radius 3 is 1.85 bits per heavy atom. The molecule has 0 saturated heterocycles. The Morgan fingerprint density at radius 2 is 1.46 bits per heavy atom. The quantitative estimate of drug-likeness (QED) is 0.564. The summed E-state index contributed by atoms with van der Waals surface area (Å²) in [5.74, 6) is 2.05. The molecule has 1 fully saturated rings. The van der Waals surface area contributed by atoms with Crippen molar-refractivity contribution in [3.8, 4) is 0 Å². The highest BCUT2D eigenvalue weighted by Crippen LogP contribution is 2.30. The number of hydrogen-bond donors (Lipinski definition) is 0. The summed E-state index contributed by atoms with van der Waals surface area (Å²) in [5.41, 5.74) is 0. The normalized spacial score (nSPS) is 20.3. The molecule has 0 amide bonds. The average Bonchev–Trinajstić information content (AvgIpc) is 2.19. The van der Waals surface area contributed by atoms with E-state index in [4.69, 9.17) is 0 Å². The standard InChI is InChI=1S/C10H20.C3H8/c1-3-9(2)10-7-5-4-6-8-10;1-3-2/h9-10H,3-8H2,1-2H3;3H2,1-2H3/t9-;/m1./s1. The Hall–Kier alpha value is 0. The molecule has 0 nitrogen and oxygen atoms in total. The van der Waals surface area contributed by atoms with Crippen LogP contribution in [0.1, 0.15) is 72.6 Å². The van der Waals surface area contributed by atoms with Crippen molar-refractivity contribution in [3.05, 3.63) is 0 Å². The molecule has 1 aliphatic carbocycles. The maximum Gasteiger partial charge on any atom is -0.0389 e. The van der Waals surface area contributed by atoms with Gasteiger partial charge in [0.25, 0.3) is 0 Å². The molecule has 0 aliphatic heterocycles. The highest BCUT2D eigenvalue weighted by Gasteiger charge is 2.17. The zero-order chi connectivity index (χ0) is 10.1. The van der Waals surface area contributed by atoms with Crippen LogP contribution in [0, 0.1) is 11.8 Å². The van der Waals surface area contributed by atoms with Crippen molar-refractivity contribution >= 4 is 0 Å². The van der Waals surface area contributed by atoms with E-state index in [1.54, 1.807) is 0 Å². The minimum absolute atomic E-state index is 0.986. The van der Waals surface area contributed by atoms with Crippen molar-refractivity contribution in [2.75, 3.05) is 0 Å². The Bertz CT molecular complexity index is 90.2. The van der Waals surface area contributed by atoms with Crippen molar-refractivity contribution in [2.24, 2.45) is 11.8 Å². The van der Waals surface area contributed by atoms with Crippen LogP contribution in [0.3, 0.4) is 0 Å². The van der Waals surface area contributed by atoms with Gasteiger partial charge in [-0.25, -0.2) is 0 Å². The van der Waals surface area contributed by atoms with Crippen molar-refractivity contribution in [1.82, 2.24) is 0 Å². The molecule has 1 rings (SSSR count). The molecule has 1 aliphatic rings. The lowest BCUT2D eigenvalue weighted by atomic mass is 9.80. The molecule has 0 radical (unpaired) electrons. The van der Waals surface area contributed by atoms with Crippen LogP contribution in [0.15, 0.2) is 0 Å². The molecule has 0 N–H and O–H groups in total. The van der Waals surface area contributed by atoms with Crippen LogP contribution in [-0.2, 0) is 0 Å². The largest absolute Gasteiger partial charge is 0.0656 e. The maximum absolute atomic E-state index is 2.41. The van der Waals surface area contributed by atoms with Gasteiger partial charge in [-0.05, 0) is 11.8 Å². The van der Waals surface area contributed by atoms with Gasteiger partial charge in [-0.3, -0.25) is 0 Å². The van der Waals surface area contributed by atoms with Crippen LogP contribution in [0.5, 0.6) is 0 Å². The van der Waals surface area contributed by atoms with Crippen LogP contribution in [-0.4, -0.2) is 0 Å². The van der Waals surface area contributed by atoms with Crippen molar-refractivity contribution < 1.29 is 0 Å². The van der Waals surface area contributed by atoms with Crippen LogP contribution in [0.4, 0.5) is 0 Å². The topological polar surface area (TPSA) is 0 Å². The van der Waals surface area contributed by atoms with Gasteiger partial charge in [-0.15, -0.1) is 0 Å². The molecule has 1 saturated carbocycles. The van der Waals surface area contributed by atoms with Gasteiger partial charge in [0.15, 0.2) is 0 Å². The monoisotopic (exact) mass is 184 g/mol. The van der Waals surface area contributed by atoms with Gasteiger partial charge in [0.1, 0.15) is 0 Å². The Labute approximate surface area is 85.1 Å². The van der Waals surface area contributed by atoms with Crippen LogP contribution < -0.4 is 0 Å². The van der Waals surface area contributed by atoms with Gasteiger partial charge in [0, 0.05) is 0 Å². The van der Waals surface area contributed by atoms with Gasteiger partial charge in [-0.2, -0.15) is 0 Å². The number of hydrogen-bond acceptors (Lipinski definition) is 0. The molecule has 0 bridgehead atoms. The van der Waals surface area contributed by atoms with Crippen LogP contribution in [0.25, 0.3) is 0 Å². The Balaban J connectivity index is 0.000000424. The van der Waals surface area contributed by atoms with Gasteiger partial charge in [0.05, 0.1) is 0 Å². The summed E-state index contributed by atoms with van der Waals surface area (Å²) < 4.78 is 0. The lowest BCUT2D eigenvalue weighted by Gasteiger charge is -2.26. The van der Waals surface area contributed by atoms with E-state index in [9.17, 15) is 0 Å². The summed E-state index contributed by atoms with van der Waals surface area (Å²) in [6.45, 7) is 8.98. The summed E-state index contributed by atoms with van der Waals surface area (Å²) in [5, 5.41) is 0. The second-order valence-corrected chi connectivity index (χ2v) is 4.49. The maximum atomic E-state index is 2.41. The van der Waals surface area contributed by atoms with E-state index in [-0.39, 0.29) is 0 Å². The molecule has 0 heterocycles. The predicted molar refractivity (Wildman–Crippen MR) is 62.0 cm³/mol. The average molecular weight is 184 g/mol. The number of rotatable bonds is 2. The lowest BCUT2D eigenvalue weighted by molar-refractivity contribution is 0.258. The van der Waals surface area contributed by atoms with Crippen molar-refractivity contribution in [1.29, 1.82) is 0 Å². The molecule has 1 atom stereocenters. The van der Waals surface area contributed by atoms with Gasteiger partial charge >= 0.3 is 0 Å². The second kappa shape index (κ2) is 8.59. The molecular formula is C13H28. The molecule has 80 valence electrons. The lowest BCUT2D eigenvalue weighted by Crippen LogP contribution is -2.14. The third kappa shape index (κ3) is 6.12. The van der Waals surface area contributed by atoms with E-state index in [0.29, 0.717) is 0 Å². The third-order valence-corrected chi connectivity index (χ3v) is 3.10. The molecule has 0 unspecified atom stereocenters. The fourth-order valence-electron chi connectivity index (χ4n) is 2.04. The molecule has 0 spiro atoms. The summed E-state index contributed by atoms with van der Waals surface area (Å²) in [6.07, 6.45) is 10.1. The summed E-state index contributed by atoms with van der Waals surface area (Å²) in [7, 11) is 0. The summed E-state index contributed by atoms with van der Waals surface area (Å²) >= 11 is 0. The van der Waals surface area contributed by atoms with Crippen LogP contribution >= 0.6 is 0 Å². The molecule has 13 heavy (non-hydrogen) atoms. The van der Waals surface area contributed by atoms with Gasteiger partial charge < -0.3 is 0 Å². The molecule has 0 heteroatoms. The minimum atomic E-state index is 0.986. The van der Waals surface area contributed by atoms with E-state index in [0.717, 1.165) is 11.8 Å². The van der Waals surface area contributed by atoms with Crippen molar-refractivity contribution in [2.45, 2.75) is 72.6 Å². The van der Waals surface area contributed by atoms with E-state index in [2.05, 4.69) is 27.7 Å². The second-order valence-electron chi connectivity index (χ2n) is 4.49. The smallest absolute Gasteiger partial charge is 0.0389 e. The molecule has 0 aromatic rings. The van der Waals surface area contributed by atoms with Gasteiger partial charge in [-0.1, -0.05) is 72.6 Å². The zero-order valence-electron chi connectivity index (χ0n) is 10.1. The van der Waals surface area contributed by atoms with E-state index in [1.165, 1.54) is 44.9 Å². The fourth-order valence-corrected chi connectivity index (χ4v) is 2.04. The fraction of sp³-hybridized carbons (Fsp3) is 1.00. The van der Waals surface area contributed by atoms with Crippen LogP contribution in [0.2, 0.25) is 0 Å². The van der Waals surface area contributed by atoms with E-state index >= 15 is 0 Å². The molecule has 0 aromatic heterocycles. The Kier molecular flexibility index (Phi) is 8.59. The first-order chi connectivity index (χ1) is 6.26. The first-order valence-electron chi connectivity index (χ1n) is 6.26. The van der Waals surface area contributed by atoms with E-state index in [1.807, 2.05) is 0 Å². The third-order valence-electron chi connectivity index (χ3n) is 3.10. The first-order valence-corrected chi connectivity index (χ1v) is 6.26. The highest BCUT2D eigenvalue weighted by atomic mass is 14.2. The Morgan fingerprint density at radius 1 is 1.00 bits per heavy atom. The molecule has 0 aromatic carbocycles. The predicted octanol–water partition coefficient (Wildman–Crippen LogP) is 5.03. The minimum Gasteiger partial charge on any atom is -0.0656 e. The zero-order valence-corrected chi connectivity index (χ0v) is 10.1. The summed E-state index contributed by atoms with van der Waals surface area (Å²) in [6, 6.07) is 0.